The molecule has 0 fully saturated rings. The Bertz CT molecular complexity index is 1490. The molecule has 0 bridgehead atoms. The van der Waals surface area contributed by atoms with E-state index in [-0.39, 0.29) is 24.9 Å². The first-order chi connectivity index (χ1) is 18.0. The number of carbonyl (C=O) groups is 2. The second-order valence-electron chi connectivity index (χ2n) is 8.79. The molecule has 1 N–H and O–H groups in total. The monoisotopic (exact) mass is 510 g/mol. The van der Waals surface area contributed by atoms with Crippen LogP contribution in [0.2, 0.25) is 0 Å². The van der Waals surface area contributed by atoms with Gasteiger partial charge in [0.2, 0.25) is 11.9 Å². The molecule has 3 heterocycles. The lowest BCUT2D eigenvalue weighted by Crippen LogP contribution is -2.37. The first-order valence-electron chi connectivity index (χ1n) is 11.8. The molecule has 0 aliphatic carbocycles. The van der Waals surface area contributed by atoms with E-state index in [1.54, 1.807) is 24.5 Å². The predicted molar refractivity (Wildman–Crippen MR) is 145 cm³/mol. The lowest BCUT2D eigenvalue weighted by Gasteiger charge is -2.20. The van der Waals surface area contributed by atoms with Gasteiger partial charge in [0.1, 0.15) is 12.3 Å². The Morgan fingerprint density at radius 1 is 0.973 bits per heavy atom. The number of nitrogens with one attached hydrogen (secondary N) is 1. The maximum atomic E-state index is 13.3. The van der Waals surface area contributed by atoms with E-state index < -0.39 is 0 Å². The molecular formula is C29H26N4O3S. The average Bonchev–Trinajstić information content (AvgIpc) is 3.67. The SMILES string of the molecule is Cc1ccc(-c2cn(-c3ccc(C)cc3)c(NC(=O)CN(Cc3ccco3)C(=O)c3cccs3)n2)cc1. The Kier molecular flexibility index (Phi) is 7.00. The summed E-state index contributed by atoms with van der Waals surface area (Å²) in [6.07, 6.45) is 3.45. The number of furan rings is 1. The smallest absolute Gasteiger partial charge is 0.264 e. The summed E-state index contributed by atoms with van der Waals surface area (Å²) >= 11 is 1.34. The number of aromatic nitrogens is 2. The molecule has 0 saturated heterocycles. The van der Waals surface area contributed by atoms with Crippen molar-refractivity contribution in [3.8, 4) is 16.9 Å². The Labute approximate surface area is 219 Å². The Balaban J connectivity index is 1.43. The largest absolute Gasteiger partial charge is 0.467 e. The normalized spacial score (nSPS) is 10.9. The van der Waals surface area contributed by atoms with Crippen LogP contribution in [0.3, 0.4) is 0 Å². The van der Waals surface area contributed by atoms with Crippen molar-refractivity contribution in [2.45, 2.75) is 20.4 Å². The number of thiophene rings is 1. The zero-order chi connectivity index (χ0) is 25.8. The van der Waals surface area contributed by atoms with Crippen molar-refractivity contribution in [1.29, 1.82) is 0 Å². The molecule has 5 aromatic rings. The van der Waals surface area contributed by atoms with Crippen LogP contribution in [-0.4, -0.2) is 32.8 Å². The number of imidazole rings is 1. The van der Waals surface area contributed by atoms with Crippen molar-refractivity contribution in [3.05, 3.63) is 112 Å². The minimum Gasteiger partial charge on any atom is -0.467 e. The number of amides is 2. The fourth-order valence-electron chi connectivity index (χ4n) is 3.92. The molecule has 2 amide bonds. The second-order valence-corrected chi connectivity index (χ2v) is 9.74. The summed E-state index contributed by atoms with van der Waals surface area (Å²) in [5, 5.41) is 4.76. The number of hydrogen-bond donors (Lipinski definition) is 1. The van der Waals surface area contributed by atoms with E-state index in [1.807, 2.05) is 84.6 Å². The quantitative estimate of drug-likeness (QED) is 0.274. The Hall–Kier alpha value is -4.43. The van der Waals surface area contributed by atoms with E-state index in [2.05, 4.69) is 5.32 Å². The number of nitrogens with zero attached hydrogens (tertiary/aromatic N) is 3. The zero-order valence-electron chi connectivity index (χ0n) is 20.5. The average molecular weight is 511 g/mol. The van der Waals surface area contributed by atoms with Crippen LogP contribution in [-0.2, 0) is 11.3 Å². The summed E-state index contributed by atoms with van der Waals surface area (Å²) in [4.78, 5) is 33.2. The molecule has 186 valence electrons. The third-order valence-corrected chi connectivity index (χ3v) is 6.75. The summed E-state index contributed by atoms with van der Waals surface area (Å²) < 4.78 is 7.29. The molecule has 0 aliphatic rings. The molecule has 0 atom stereocenters. The molecule has 0 radical (unpaired) electrons. The number of aryl methyl sites for hydroxylation is 2. The highest BCUT2D eigenvalue weighted by Crippen LogP contribution is 2.25. The maximum Gasteiger partial charge on any atom is 0.264 e. The Morgan fingerprint density at radius 2 is 1.70 bits per heavy atom. The van der Waals surface area contributed by atoms with Gasteiger partial charge in [0.25, 0.3) is 5.91 Å². The highest BCUT2D eigenvalue weighted by Gasteiger charge is 2.22. The first kappa shape index (κ1) is 24.3. The van der Waals surface area contributed by atoms with E-state index in [0.717, 1.165) is 28.1 Å². The van der Waals surface area contributed by atoms with Crippen molar-refractivity contribution in [3.63, 3.8) is 0 Å². The highest BCUT2D eigenvalue weighted by molar-refractivity contribution is 7.12. The predicted octanol–water partition coefficient (Wildman–Crippen LogP) is 6.09. The number of rotatable bonds is 8. The third kappa shape index (κ3) is 5.70. The van der Waals surface area contributed by atoms with Gasteiger partial charge in [0, 0.05) is 17.4 Å². The van der Waals surface area contributed by atoms with Gasteiger partial charge in [-0.15, -0.1) is 11.3 Å². The summed E-state index contributed by atoms with van der Waals surface area (Å²) in [6, 6.07) is 23.2. The third-order valence-electron chi connectivity index (χ3n) is 5.90. The zero-order valence-corrected chi connectivity index (χ0v) is 21.4. The van der Waals surface area contributed by atoms with Gasteiger partial charge in [-0.2, -0.15) is 0 Å². The van der Waals surface area contributed by atoms with Crippen molar-refractivity contribution in [2.24, 2.45) is 0 Å². The van der Waals surface area contributed by atoms with Gasteiger partial charge in [0.05, 0.1) is 23.4 Å². The van der Waals surface area contributed by atoms with E-state index in [0.29, 0.717) is 16.6 Å². The minimum absolute atomic E-state index is 0.155. The van der Waals surface area contributed by atoms with Crippen LogP contribution in [0, 0.1) is 13.8 Å². The molecule has 37 heavy (non-hydrogen) atoms. The summed E-state index contributed by atoms with van der Waals surface area (Å²) in [5.41, 5.74) is 4.84. The molecule has 7 nitrogen and oxygen atoms in total. The fourth-order valence-corrected chi connectivity index (χ4v) is 4.61. The molecule has 0 spiro atoms. The van der Waals surface area contributed by atoms with E-state index in [1.165, 1.54) is 16.2 Å². The second kappa shape index (κ2) is 10.7. The lowest BCUT2D eigenvalue weighted by molar-refractivity contribution is -0.117. The van der Waals surface area contributed by atoms with Crippen LogP contribution in [0.5, 0.6) is 0 Å². The molecular weight excluding hydrogens is 484 g/mol. The van der Waals surface area contributed by atoms with Gasteiger partial charge in [-0.05, 0) is 49.6 Å². The van der Waals surface area contributed by atoms with Crippen LogP contribution < -0.4 is 5.32 Å². The van der Waals surface area contributed by atoms with Crippen LogP contribution >= 0.6 is 11.3 Å². The molecule has 3 aromatic heterocycles. The fraction of sp³-hybridized carbons (Fsp3) is 0.138. The topological polar surface area (TPSA) is 80.4 Å². The maximum absolute atomic E-state index is 13.3. The van der Waals surface area contributed by atoms with Crippen molar-refractivity contribution in [1.82, 2.24) is 14.5 Å². The molecule has 0 unspecified atom stereocenters. The number of hydrogen-bond acceptors (Lipinski definition) is 5. The summed E-state index contributed by atoms with van der Waals surface area (Å²) in [6.45, 7) is 4.08. The van der Waals surface area contributed by atoms with Gasteiger partial charge in [0.15, 0.2) is 0 Å². The van der Waals surface area contributed by atoms with Crippen LogP contribution in [0.4, 0.5) is 5.95 Å². The first-order valence-corrected chi connectivity index (χ1v) is 12.7. The van der Waals surface area contributed by atoms with Gasteiger partial charge in [-0.1, -0.05) is 53.6 Å². The van der Waals surface area contributed by atoms with Crippen LogP contribution in [0.1, 0.15) is 26.6 Å². The molecule has 0 saturated carbocycles. The van der Waals surface area contributed by atoms with Crippen molar-refractivity contribution in [2.75, 3.05) is 11.9 Å². The molecule has 8 heteroatoms. The van der Waals surface area contributed by atoms with Gasteiger partial charge in [-0.3, -0.25) is 19.5 Å². The van der Waals surface area contributed by atoms with E-state index in [4.69, 9.17) is 9.40 Å². The van der Waals surface area contributed by atoms with Crippen molar-refractivity contribution >= 4 is 29.1 Å². The van der Waals surface area contributed by atoms with Crippen molar-refractivity contribution < 1.29 is 14.0 Å². The molecule has 5 rings (SSSR count). The highest BCUT2D eigenvalue weighted by atomic mass is 32.1. The summed E-state index contributed by atoms with van der Waals surface area (Å²) in [5.74, 6) is 0.390. The minimum atomic E-state index is -0.356. The molecule has 2 aromatic carbocycles. The standard InChI is InChI=1S/C29H26N4O3S/c1-20-7-11-22(12-8-20)25-18-33(23-13-9-21(2)10-14-23)29(30-25)31-27(34)19-32(17-24-5-3-15-36-24)28(35)26-6-4-16-37-26/h3-16,18H,17,19H2,1-2H3,(H,30,31,34). The molecule has 0 aliphatic heterocycles. The Morgan fingerprint density at radius 3 is 2.35 bits per heavy atom. The lowest BCUT2D eigenvalue weighted by atomic mass is 10.1. The van der Waals surface area contributed by atoms with Gasteiger partial charge < -0.3 is 9.32 Å². The number of anilines is 1. The van der Waals surface area contributed by atoms with Crippen LogP contribution in [0.25, 0.3) is 16.9 Å². The van der Waals surface area contributed by atoms with Gasteiger partial charge >= 0.3 is 0 Å². The number of benzene rings is 2. The van der Waals surface area contributed by atoms with E-state index >= 15 is 0 Å². The van der Waals surface area contributed by atoms with Gasteiger partial charge in [-0.25, -0.2) is 4.98 Å². The summed E-state index contributed by atoms with van der Waals surface area (Å²) in [7, 11) is 0. The number of carbonyl (C=O) groups excluding carboxylic acids is 2. The van der Waals surface area contributed by atoms with Crippen LogP contribution in [0.15, 0.2) is 95.1 Å². The van der Waals surface area contributed by atoms with E-state index in [9.17, 15) is 9.59 Å².